The molecule has 1 amide bonds. The van der Waals surface area contributed by atoms with E-state index in [2.05, 4.69) is 26.0 Å². The number of benzene rings is 2. The molecule has 0 aliphatic heterocycles. The molecule has 26 heavy (non-hydrogen) atoms. The molecule has 7 heteroatoms. The fourth-order valence-electron chi connectivity index (χ4n) is 2.00. The second-order valence-corrected chi connectivity index (χ2v) is 6.03. The average molecular weight is 418 g/mol. The lowest BCUT2D eigenvalue weighted by atomic mass is 10.2. The van der Waals surface area contributed by atoms with Crippen LogP contribution in [0.15, 0.2) is 59.1 Å². The van der Waals surface area contributed by atoms with Gasteiger partial charge in [0.15, 0.2) is 6.61 Å². The molecule has 2 rings (SSSR count). The molecule has 0 aliphatic carbocycles. The summed E-state index contributed by atoms with van der Waals surface area (Å²) in [6.07, 6.45) is 2.83. The zero-order valence-electron chi connectivity index (χ0n) is 13.9. The number of methoxy groups -OCH3 is 1. The van der Waals surface area contributed by atoms with Crippen LogP contribution in [0.3, 0.4) is 0 Å². The van der Waals surface area contributed by atoms with E-state index in [0.29, 0.717) is 11.3 Å². The van der Waals surface area contributed by atoms with Gasteiger partial charge in [0.05, 0.1) is 12.7 Å². The van der Waals surface area contributed by atoms with E-state index in [-0.39, 0.29) is 0 Å². The van der Waals surface area contributed by atoms with Crippen LogP contribution < -0.4 is 5.32 Å². The summed E-state index contributed by atoms with van der Waals surface area (Å²) in [6, 6.07) is 13.6. The molecule has 0 atom stereocenters. The third-order valence-corrected chi connectivity index (χ3v) is 3.67. The maximum atomic E-state index is 11.9. The van der Waals surface area contributed by atoms with Gasteiger partial charge in [-0.15, -0.1) is 0 Å². The first-order valence-electron chi connectivity index (χ1n) is 7.56. The molecule has 134 valence electrons. The summed E-state index contributed by atoms with van der Waals surface area (Å²) >= 11 is 3.34. The standard InChI is InChI=1S/C19H16BrNO5/c1-25-19(24)14-5-3-7-16(11-14)21-17(22)12-26-18(23)9-8-13-4-2-6-15(20)10-13/h2-11H,12H2,1H3,(H,21,22)/b9-8+. The van der Waals surface area contributed by atoms with Crippen molar-refractivity contribution in [1.82, 2.24) is 0 Å². The normalized spacial score (nSPS) is 10.4. The van der Waals surface area contributed by atoms with E-state index in [1.807, 2.05) is 24.3 Å². The smallest absolute Gasteiger partial charge is 0.337 e. The van der Waals surface area contributed by atoms with Gasteiger partial charge in [0.25, 0.3) is 5.91 Å². The minimum Gasteiger partial charge on any atom is -0.465 e. The maximum absolute atomic E-state index is 11.9. The summed E-state index contributed by atoms with van der Waals surface area (Å²) < 4.78 is 10.4. The first-order chi connectivity index (χ1) is 12.5. The molecule has 1 N–H and O–H groups in total. The van der Waals surface area contributed by atoms with Gasteiger partial charge in [-0.2, -0.15) is 0 Å². The Morgan fingerprint density at radius 3 is 2.62 bits per heavy atom. The number of ether oxygens (including phenoxy) is 2. The molecule has 6 nitrogen and oxygen atoms in total. The van der Waals surface area contributed by atoms with Crippen molar-refractivity contribution in [1.29, 1.82) is 0 Å². The molecule has 0 spiro atoms. The number of halogens is 1. The number of amides is 1. The topological polar surface area (TPSA) is 81.7 Å². The molecular weight excluding hydrogens is 402 g/mol. The molecule has 0 aliphatic rings. The van der Waals surface area contributed by atoms with Crippen molar-refractivity contribution in [2.24, 2.45) is 0 Å². The predicted octanol–water partition coefficient (Wildman–Crippen LogP) is 3.43. The van der Waals surface area contributed by atoms with Gasteiger partial charge in [-0.1, -0.05) is 34.1 Å². The van der Waals surface area contributed by atoms with Crippen molar-refractivity contribution >= 4 is 45.5 Å². The van der Waals surface area contributed by atoms with Gasteiger partial charge in [0, 0.05) is 16.2 Å². The van der Waals surface area contributed by atoms with E-state index in [0.717, 1.165) is 10.0 Å². The van der Waals surface area contributed by atoms with Gasteiger partial charge in [0.1, 0.15) is 0 Å². The number of carbonyl (C=O) groups is 3. The summed E-state index contributed by atoms with van der Waals surface area (Å²) in [7, 11) is 1.27. The summed E-state index contributed by atoms with van der Waals surface area (Å²) in [5, 5.41) is 2.54. The number of nitrogens with one attached hydrogen (secondary N) is 1. The van der Waals surface area contributed by atoms with Crippen LogP contribution in [0.25, 0.3) is 6.08 Å². The molecule has 2 aromatic rings. The SMILES string of the molecule is COC(=O)c1cccc(NC(=O)COC(=O)/C=C/c2cccc(Br)c2)c1. The van der Waals surface area contributed by atoms with Crippen molar-refractivity contribution in [2.45, 2.75) is 0 Å². The number of rotatable bonds is 6. The van der Waals surface area contributed by atoms with Gasteiger partial charge in [-0.3, -0.25) is 4.79 Å². The second-order valence-electron chi connectivity index (χ2n) is 5.12. The molecule has 0 bridgehead atoms. The zero-order valence-corrected chi connectivity index (χ0v) is 15.5. The average Bonchev–Trinajstić information content (AvgIpc) is 2.64. The zero-order chi connectivity index (χ0) is 18.9. The van der Waals surface area contributed by atoms with Gasteiger partial charge >= 0.3 is 11.9 Å². The third kappa shape index (κ3) is 6.18. The number of carbonyl (C=O) groups excluding carboxylic acids is 3. The molecular formula is C19H16BrNO5. The Bertz CT molecular complexity index is 847. The molecule has 0 radical (unpaired) electrons. The lowest BCUT2D eigenvalue weighted by molar-refractivity contribution is -0.142. The number of esters is 2. The van der Waals surface area contributed by atoms with Crippen LogP contribution in [0.1, 0.15) is 15.9 Å². The number of hydrogen-bond donors (Lipinski definition) is 1. The summed E-state index contributed by atoms with van der Waals surface area (Å²) in [6.45, 7) is -0.440. The first-order valence-corrected chi connectivity index (χ1v) is 8.36. The van der Waals surface area contributed by atoms with E-state index in [9.17, 15) is 14.4 Å². The van der Waals surface area contributed by atoms with Gasteiger partial charge < -0.3 is 14.8 Å². The van der Waals surface area contributed by atoms with Crippen molar-refractivity contribution in [3.63, 3.8) is 0 Å². The van der Waals surface area contributed by atoms with Crippen LogP contribution in [0, 0.1) is 0 Å². The Hall–Kier alpha value is -2.93. The van der Waals surface area contributed by atoms with E-state index in [1.54, 1.807) is 24.3 Å². The summed E-state index contributed by atoms with van der Waals surface area (Å²) in [5.41, 5.74) is 1.53. The highest BCUT2D eigenvalue weighted by molar-refractivity contribution is 9.10. The van der Waals surface area contributed by atoms with Crippen LogP contribution in [0.5, 0.6) is 0 Å². The van der Waals surface area contributed by atoms with Crippen molar-refractivity contribution in [3.05, 3.63) is 70.2 Å². The Labute approximate surface area is 158 Å². The fourth-order valence-corrected chi connectivity index (χ4v) is 2.42. The van der Waals surface area contributed by atoms with Crippen molar-refractivity contribution < 1.29 is 23.9 Å². The van der Waals surface area contributed by atoms with Crippen LogP contribution >= 0.6 is 15.9 Å². The van der Waals surface area contributed by atoms with Crippen LogP contribution in [-0.2, 0) is 19.1 Å². The molecule has 2 aromatic carbocycles. The monoisotopic (exact) mass is 417 g/mol. The number of hydrogen-bond acceptors (Lipinski definition) is 5. The molecule has 0 fully saturated rings. The maximum Gasteiger partial charge on any atom is 0.337 e. The lowest BCUT2D eigenvalue weighted by Gasteiger charge is -2.07. The second kappa shape index (κ2) is 9.53. The minimum absolute atomic E-state index is 0.305. The fraction of sp³-hybridized carbons (Fsp3) is 0.105. The van der Waals surface area contributed by atoms with E-state index in [4.69, 9.17) is 4.74 Å². The predicted molar refractivity (Wildman–Crippen MR) is 101 cm³/mol. The van der Waals surface area contributed by atoms with Gasteiger partial charge in [-0.05, 0) is 42.0 Å². The Morgan fingerprint density at radius 1 is 1.12 bits per heavy atom. The van der Waals surface area contributed by atoms with Gasteiger partial charge in [0.2, 0.25) is 0 Å². The first kappa shape index (κ1) is 19.4. The van der Waals surface area contributed by atoms with Gasteiger partial charge in [-0.25, -0.2) is 9.59 Å². The quantitative estimate of drug-likeness (QED) is 0.574. The van der Waals surface area contributed by atoms with E-state index < -0.39 is 24.5 Å². The molecule has 0 saturated carbocycles. The summed E-state index contributed by atoms with van der Waals surface area (Å²) in [4.78, 5) is 35.0. The Kier molecular flexibility index (Phi) is 7.11. The Morgan fingerprint density at radius 2 is 1.88 bits per heavy atom. The molecule has 0 unspecified atom stereocenters. The third-order valence-electron chi connectivity index (χ3n) is 3.17. The highest BCUT2D eigenvalue weighted by atomic mass is 79.9. The van der Waals surface area contributed by atoms with Crippen LogP contribution in [0.4, 0.5) is 5.69 Å². The molecule has 0 saturated heterocycles. The van der Waals surface area contributed by atoms with Crippen molar-refractivity contribution in [3.8, 4) is 0 Å². The highest BCUT2D eigenvalue weighted by Gasteiger charge is 2.09. The Balaban J connectivity index is 1.85. The lowest BCUT2D eigenvalue weighted by Crippen LogP contribution is -2.20. The highest BCUT2D eigenvalue weighted by Crippen LogP contribution is 2.13. The van der Waals surface area contributed by atoms with E-state index >= 15 is 0 Å². The largest absolute Gasteiger partial charge is 0.465 e. The summed E-state index contributed by atoms with van der Waals surface area (Å²) in [5.74, 6) is -1.66. The minimum atomic E-state index is -0.636. The molecule has 0 heterocycles. The van der Waals surface area contributed by atoms with Crippen molar-refractivity contribution in [2.75, 3.05) is 19.0 Å². The number of anilines is 1. The van der Waals surface area contributed by atoms with E-state index in [1.165, 1.54) is 19.3 Å². The molecule has 0 aromatic heterocycles. The van der Waals surface area contributed by atoms with Crippen LogP contribution in [0.2, 0.25) is 0 Å². The van der Waals surface area contributed by atoms with Crippen LogP contribution in [-0.4, -0.2) is 31.6 Å².